The summed E-state index contributed by atoms with van der Waals surface area (Å²) in [5.74, 6) is 0.792. The van der Waals surface area contributed by atoms with Gasteiger partial charge in [-0.15, -0.1) is 0 Å². The van der Waals surface area contributed by atoms with Crippen molar-refractivity contribution in [2.45, 2.75) is 6.92 Å². The van der Waals surface area contributed by atoms with Crippen LogP contribution in [0.3, 0.4) is 0 Å². The molecule has 2 aromatic heterocycles. The number of para-hydroxylation sites is 2. The Kier molecular flexibility index (Phi) is 2.66. The number of ketones is 1. The van der Waals surface area contributed by atoms with Gasteiger partial charge in [-0.3, -0.25) is 9.20 Å². The first-order valence-electron chi connectivity index (χ1n) is 7.20. The van der Waals surface area contributed by atoms with Crippen LogP contribution in [-0.4, -0.2) is 19.7 Å². The van der Waals surface area contributed by atoms with Crippen molar-refractivity contribution in [1.82, 2.24) is 14.0 Å². The first kappa shape index (κ1) is 12.8. The van der Waals surface area contributed by atoms with Gasteiger partial charge in [-0.25, -0.2) is 4.98 Å². The number of hydrogen-bond donors (Lipinski definition) is 0. The Morgan fingerprint density at radius 1 is 0.955 bits per heavy atom. The molecule has 0 fully saturated rings. The number of carbonyl (C=O) groups is 1. The third kappa shape index (κ3) is 1.64. The lowest BCUT2D eigenvalue weighted by molar-refractivity contribution is 0.103. The third-order valence-electron chi connectivity index (χ3n) is 4.07. The Morgan fingerprint density at radius 3 is 2.32 bits per heavy atom. The van der Waals surface area contributed by atoms with Crippen LogP contribution < -0.4 is 0 Å². The van der Waals surface area contributed by atoms with Crippen LogP contribution >= 0.6 is 0 Å². The van der Waals surface area contributed by atoms with Gasteiger partial charge in [0.2, 0.25) is 11.6 Å². The summed E-state index contributed by atoms with van der Waals surface area (Å²) < 4.78 is 3.98. The minimum atomic E-state index is 0.00181. The summed E-state index contributed by atoms with van der Waals surface area (Å²) in [6.07, 6.45) is 0. The molecule has 2 aromatic carbocycles. The highest BCUT2D eigenvalue weighted by Gasteiger charge is 2.22. The lowest BCUT2D eigenvalue weighted by Gasteiger charge is -2.02. The molecule has 108 valence electrons. The van der Waals surface area contributed by atoms with Crippen LogP contribution in [0.2, 0.25) is 0 Å². The predicted octanol–water partition coefficient (Wildman–Crippen LogP) is 3.37. The normalized spacial score (nSPS) is 11.4. The van der Waals surface area contributed by atoms with Gasteiger partial charge in [0.1, 0.15) is 5.69 Å². The number of carbonyl (C=O) groups excluding carboxylic acids is 1. The number of fused-ring (bicyclic) bond motifs is 3. The van der Waals surface area contributed by atoms with Crippen molar-refractivity contribution in [3.8, 4) is 0 Å². The quantitative estimate of drug-likeness (QED) is 0.531. The molecule has 4 nitrogen and oxygen atoms in total. The molecule has 0 saturated carbocycles. The lowest BCUT2D eigenvalue weighted by Crippen LogP contribution is -2.06. The molecule has 4 aromatic rings. The summed E-state index contributed by atoms with van der Waals surface area (Å²) >= 11 is 0. The van der Waals surface area contributed by atoms with Crippen molar-refractivity contribution in [2.75, 3.05) is 0 Å². The Hall–Kier alpha value is -2.88. The van der Waals surface area contributed by atoms with Gasteiger partial charge in [0, 0.05) is 12.6 Å². The van der Waals surface area contributed by atoms with Gasteiger partial charge in [0.05, 0.1) is 16.7 Å². The average Bonchev–Trinajstić information content (AvgIpc) is 3.03. The minimum Gasteiger partial charge on any atom is -0.313 e. The molecule has 0 unspecified atom stereocenters. The van der Waals surface area contributed by atoms with Crippen LogP contribution in [0, 0.1) is 6.92 Å². The summed E-state index contributed by atoms with van der Waals surface area (Å²) in [5.41, 5.74) is 4.13. The molecule has 0 radical (unpaired) electrons. The van der Waals surface area contributed by atoms with E-state index in [-0.39, 0.29) is 5.78 Å². The van der Waals surface area contributed by atoms with E-state index in [1.165, 1.54) is 0 Å². The van der Waals surface area contributed by atoms with E-state index in [1.807, 2.05) is 77.5 Å². The van der Waals surface area contributed by atoms with Crippen molar-refractivity contribution >= 4 is 22.6 Å². The molecule has 0 aliphatic rings. The fraction of sp³-hybridized carbons (Fsp3) is 0.111. The van der Waals surface area contributed by atoms with Gasteiger partial charge < -0.3 is 4.57 Å². The monoisotopic (exact) mass is 289 g/mol. The smallest absolute Gasteiger partial charge is 0.215 e. The zero-order chi connectivity index (χ0) is 15.3. The van der Waals surface area contributed by atoms with Crippen LogP contribution in [0.4, 0.5) is 0 Å². The van der Waals surface area contributed by atoms with Crippen LogP contribution in [0.25, 0.3) is 16.8 Å². The van der Waals surface area contributed by atoms with E-state index < -0.39 is 0 Å². The van der Waals surface area contributed by atoms with Gasteiger partial charge in [-0.2, -0.15) is 0 Å². The third-order valence-corrected chi connectivity index (χ3v) is 4.07. The largest absolute Gasteiger partial charge is 0.313 e. The van der Waals surface area contributed by atoms with Crippen molar-refractivity contribution in [1.29, 1.82) is 0 Å². The van der Waals surface area contributed by atoms with E-state index in [0.29, 0.717) is 11.3 Å². The van der Waals surface area contributed by atoms with E-state index in [2.05, 4.69) is 4.98 Å². The fourth-order valence-electron chi connectivity index (χ4n) is 3.00. The molecule has 4 heteroatoms. The molecule has 0 spiro atoms. The first-order valence-corrected chi connectivity index (χ1v) is 7.20. The Morgan fingerprint density at radius 2 is 1.59 bits per heavy atom. The average molecular weight is 289 g/mol. The Labute approximate surface area is 127 Å². The molecule has 0 bridgehead atoms. The summed E-state index contributed by atoms with van der Waals surface area (Å²) in [7, 11) is 1.97. The zero-order valence-electron chi connectivity index (χ0n) is 12.4. The van der Waals surface area contributed by atoms with Crippen molar-refractivity contribution < 1.29 is 4.79 Å². The second-order valence-electron chi connectivity index (χ2n) is 5.42. The van der Waals surface area contributed by atoms with Crippen LogP contribution in [0.5, 0.6) is 0 Å². The lowest BCUT2D eigenvalue weighted by atomic mass is 10.1. The zero-order valence-corrected chi connectivity index (χ0v) is 12.4. The molecule has 0 atom stereocenters. The number of hydrogen-bond acceptors (Lipinski definition) is 2. The molecule has 2 heterocycles. The van der Waals surface area contributed by atoms with Crippen molar-refractivity contribution in [2.24, 2.45) is 7.05 Å². The van der Waals surface area contributed by atoms with Crippen LogP contribution in [-0.2, 0) is 7.05 Å². The first-order chi connectivity index (χ1) is 10.7. The van der Waals surface area contributed by atoms with Crippen molar-refractivity contribution in [3.05, 3.63) is 71.5 Å². The van der Waals surface area contributed by atoms with Gasteiger partial charge in [-0.1, -0.05) is 42.5 Å². The molecule has 0 aliphatic heterocycles. The molecular weight excluding hydrogens is 274 g/mol. The predicted molar refractivity (Wildman–Crippen MR) is 86.3 cm³/mol. The highest BCUT2D eigenvalue weighted by atomic mass is 16.1. The maximum atomic E-state index is 12.9. The summed E-state index contributed by atoms with van der Waals surface area (Å²) in [6, 6.07) is 17.4. The SMILES string of the molecule is Cc1nc2n(C)c3ccccc3n2c1C(=O)c1ccccc1. The van der Waals surface area contributed by atoms with E-state index in [4.69, 9.17) is 0 Å². The Bertz CT molecular complexity index is 1010. The van der Waals surface area contributed by atoms with E-state index in [1.54, 1.807) is 0 Å². The molecule has 0 aliphatic carbocycles. The van der Waals surface area contributed by atoms with Gasteiger partial charge in [-0.05, 0) is 19.1 Å². The summed E-state index contributed by atoms with van der Waals surface area (Å²) in [4.78, 5) is 17.5. The topological polar surface area (TPSA) is 39.3 Å². The standard InChI is InChI=1S/C18H15N3O/c1-12-16(17(22)13-8-4-3-5-9-13)21-15-11-7-6-10-14(15)20(2)18(21)19-12/h3-11H,1-2H3. The van der Waals surface area contributed by atoms with Gasteiger partial charge >= 0.3 is 0 Å². The molecule has 22 heavy (non-hydrogen) atoms. The van der Waals surface area contributed by atoms with E-state index >= 15 is 0 Å². The number of rotatable bonds is 2. The second-order valence-corrected chi connectivity index (χ2v) is 5.42. The number of imidazole rings is 2. The van der Waals surface area contributed by atoms with Crippen LogP contribution in [0.15, 0.2) is 54.6 Å². The molecule has 4 rings (SSSR count). The fourth-order valence-corrected chi connectivity index (χ4v) is 3.00. The van der Waals surface area contributed by atoms with Crippen LogP contribution in [0.1, 0.15) is 21.7 Å². The number of aryl methyl sites for hydroxylation is 2. The van der Waals surface area contributed by atoms with E-state index in [9.17, 15) is 4.79 Å². The molecule has 0 amide bonds. The molecular formula is C18H15N3O. The van der Waals surface area contributed by atoms with Gasteiger partial charge in [0.25, 0.3) is 0 Å². The maximum Gasteiger partial charge on any atom is 0.215 e. The molecule has 0 saturated heterocycles. The minimum absolute atomic E-state index is 0.00181. The molecule has 0 N–H and O–H groups in total. The summed E-state index contributed by atoms with van der Waals surface area (Å²) in [6.45, 7) is 1.89. The number of aromatic nitrogens is 3. The van der Waals surface area contributed by atoms with Gasteiger partial charge in [0.15, 0.2) is 0 Å². The second kappa shape index (κ2) is 4.56. The Balaban J connectivity index is 2.08. The highest BCUT2D eigenvalue weighted by Crippen LogP contribution is 2.24. The summed E-state index contributed by atoms with van der Waals surface area (Å²) in [5, 5.41) is 0. The van der Waals surface area contributed by atoms with E-state index in [0.717, 1.165) is 22.5 Å². The highest BCUT2D eigenvalue weighted by molar-refractivity contribution is 6.10. The van der Waals surface area contributed by atoms with Crippen molar-refractivity contribution in [3.63, 3.8) is 0 Å². The number of benzene rings is 2. The number of nitrogens with zero attached hydrogens (tertiary/aromatic N) is 3. The maximum absolute atomic E-state index is 12.9.